The van der Waals surface area contributed by atoms with Crippen molar-refractivity contribution in [3.05, 3.63) is 59.4 Å². The first kappa shape index (κ1) is 14.8. The predicted octanol–water partition coefficient (Wildman–Crippen LogP) is 2.53. The van der Waals surface area contributed by atoms with E-state index in [2.05, 4.69) is 5.32 Å². The molecule has 0 fully saturated rings. The van der Waals surface area contributed by atoms with Crippen molar-refractivity contribution in [2.75, 3.05) is 18.9 Å². The van der Waals surface area contributed by atoms with E-state index in [0.29, 0.717) is 13.2 Å². The lowest BCUT2D eigenvalue weighted by atomic mass is 10.1. The zero-order valence-electron chi connectivity index (χ0n) is 11.7. The van der Waals surface area contributed by atoms with Crippen LogP contribution in [0.15, 0.2) is 42.5 Å². The smallest absolute Gasteiger partial charge is 0.253 e. The minimum absolute atomic E-state index is 0.118. The van der Waals surface area contributed by atoms with Gasteiger partial charge >= 0.3 is 0 Å². The average molecular weight is 288 g/mol. The molecule has 0 unspecified atom stereocenters. The van der Waals surface area contributed by atoms with Gasteiger partial charge in [-0.3, -0.25) is 4.79 Å². The Morgan fingerprint density at radius 3 is 2.81 bits per heavy atom. The number of ether oxygens (including phenoxy) is 1. The number of rotatable bonds is 5. The molecule has 0 radical (unpaired) electrons. The van der Waals surface area contributed by atoms with Gasteiger partial charge in [-0.2, -0.15) is 0 Å². The van der Waals surface area contributed by atoms with Gasteiger partial charge in [-0.05, 0) is 42.8 Å². The molecule has 2 rings (SSSR count). The minimum atomic E-state index is -0.466. The Bertz CT molecular complexity index is 644. The van der Waals surface area contributed by atoms with Crippen molar-refractivity contribution in [1.29, 1.82) is 0 Å². The number of hydrogen-bond donors (Lipinski definition) is 2. The quantitative estimate of drug-likeness (QED) is 0.656. The lowest BCUT2D eigenvalue weighted by molar-refractivity contribution is 0.0948. The molecular formula is C16H17FN2O2. The van der Waals surface area contributed by atoms with Gasteiger partial charge in [0.2, 0.25) is 0 Å². The molecule has 4 nitrogen and oxygen atoms in total. The van der Waals surface area contributed by atoms with Crippen LogP contribution in [0.2, 0.25) is 0 Å². The fourth-order valence-electron chi connectivity index (χ4n) is 1.87. The lowest BCUT2D eigenvalue weighted by Gasteiger charge is -2.09. The molecule has 0 aromatic heterocycles. The molecule has 5 heteroatoms. The van der Waals surface area contributed by atoms with Crippen molar-refractivity contribution < 1.29 is 13.9 Å². The second kappa shape index (κ2) is 6.74. The van der Waals surface area contributed by atoms with Gasteiger partial charge in [0.1, 0.15) is 18.2 Å². The summed E-state index contributed by atoms with van der Waals surface area (Å²) in [6.45, 7) is 2.66. The number of hydrogen-bond acceptors (Lipinski definition) is 3. The van der Waals surface area contributed by atoms with E-state index < -0.39 is 5.82 Å². The topological polar surface area (TPSA) is 64.3 Å². The summed E-state index contributed by atoms with van der Waals surface area (Å²) >= 11 is 0. The van der Waals surface area contributed by atoms with Crippen LogP contribution in [-0.2, 0) is 0 Å². The van der Waals surface area contributed by atoms with Crippen LogP contribution in [0.5, 0.6) is 5.75 Å². The van der Waals surface area contributed by atoms with Crippen molar-refractivity contribution in [3.63, 3.8) is 0 Å². The number of carbonyl (C=O) groups excluding carboxylic acids is 1. The standard InChI is InChI=1S/C16H17FN2O2/c1-11-3-2-4-13(9-11)21-8-7-19-16(20)14-6-5-12(17)10-15(14)18/h2-6,9-10H,7-8,18H2,1H3,(H,19,20). The Hall–Kier alpha value is -2.56. The number of nitrogen functional groups attached to an aromatic ring is 1. The van der Waals surface area contributed by atoms with Gasteiger partial charge in [0, 0.05) is 5.69 Å². The molecule has 2 aromatic rings. The number of nitrogens with two attached hydrogens (primary N) is 1. The molecule has 0 aliphatic rings. The van der Waals surface area contributed by atoms with Crippen LogP contribution in [0, 0.1) is 12.7 Å². The van der Waals surface area contributed by atoms with Crippen LogP contribution in [0.3, 0.4) is 0 Å². The molecule has 0 atom stereocenters. The van der Waals surface area contributed by atoms with E-state index in [0.717, 1.165) is 17.4 Å². The molecular weight excluding hydrogens is 271 g/mol. The summed E-state index contributed by atoms with van der Waals surface area (Å²) in [6, 6.07) is 11.3. The molecule has 1 amide bonds. The van der Waals surface area contributed by atoms with Crippen LogP contribution in [0.1, 0.15) is 15.9 Å². The molecule has 0 heterocycles. The third kappa shape index (κ3) is 4.21. The van der Waals surface area contributed by atoms with Crippen LogP contribution in [-0.4, -0.2) is 19.1 Å². The summed E-state index contributed by atoms with van der Waals surface area (Å²) in [5.41, 5.74) is 7.08. The number of benzene rings is 2. The van der Waals surface area contributed by atoms with Crippen molar-refractivity contribution in [1.82, 2.24) is 5.32 Å². The largest absolute Gasteiger partial charge is 0.492 e. The van der Waals surface area contributed by atoms with Crippen LogP contribution in [0.25, 0.3) is 0 Å². The van der Waals surface area contributed by atoms with Gasteiger partial charge in [0.05, 0.1) is 12.1 Å². The molecule has 110 valence electrons. The highest BCUT2D eigenvalue weighted by atomic mass is 19.1. The Morgan fingerprint density at radius 1 is 1.29 bits per heavy atom. The number of aryl methyl sites for hydroxylation is 1. The number of amides is 1. The summed E-state index contributed by atoms with van der Waals surface area (Å²) in [7, 11) is 0. The molecule has 21 heavy (non-hydrogen) atoms. The van der Waals surface area contributed by atoms with E-state index in [9.17, 15) is 9.18 Å². The van der Waals surface area contributed by atoms with Crippen LogP contribution >= 0.6 is 0 Å². The molecule has 2 aromatic carbocycles. The number of anilines is 1. The van der Waals surface area contributed by atoms with Gasteiger partial charge in [-0.1, -0.05) is 12.1 Å². The second-order valence-corrected chi connectivity index (χ2v) is 4.65. The van der Waals surface area contributed by atoms with Gasteiger partial charge in [0.25, 0.3) is 5.91 Å². The monoisotopic (exact) mass is 288 g/mol. The number of halogens is 1. The molecule has 0 saturated carbocycles. The van der Waals surface area contributed by atoms with E-state index >= 15 is 0 Å². The summed E-state index contributed by atoms with van der Waals surface area (Å²) in [5.74, 6) is -0.0577. The van der Waals surface area contributed by atoms with Gasteiger partial charge in [-0.25, -0.2) is 4.39 Å². The van der Waals surface area contributed by atoms with E-state index in [-0.39, 0.29) is 17.2 Å². The highest BCUT2D eigenvalue weighted by Crippen LogP contribution is 2.13. The van der Waals surface area contributed by atoms with Gasteiger partial charge in [-0.15, -0.1) is 0 Å². The second-order valence-electron chi connectivity index (χ2n) is 4.65. The Morgan fingerprint density at radius 2 is 2.10 bits per heavy atom. The van der Waals surface area contributed by atoms with E-state index in [1.807, 2.05) is 31.2 Å². The summed E-state index contributed by atoms with van der Waals surface area (Å²) in [5, 5.41) is 2.68. The molecule has 0 spiro atoms. The molecule has 0 aliphatic heterocycles. The van der Waals surface area contributed by atoms with E-state index in [4.69, 9.17) is 10.5 Å². The molecule has 3 N–H and O–H groups in total. The average Bonchev–Trinajstić information content (AvgIpc) is 2.43. The predicted molar refractivity (Wildman–Crippen MR) is 79.8 cm³/mol. The number of carbonyl (C=O) groups is 1. The zero-order chi connectivity index (χ0) is 15.2. The summed E-state index contributed by atoms with van der Waals surface area (Å²) < 4.78 is 18.4. The summed E-state index contributed by atoms with van der Waals surface area (Å²) in [6.07, 6.45) is 0. The highest BCUT2D eigenvalue weighted by Gasteiger charge is 2.09. The SMILES string of the molecule is Cc1cccc(OCCNC(=O)c2ccc(F)cc2N)c1. The third-order valence-corrected chi connectivity index (χ3v) is 2.90. The fourth-order valence-corrected chi connectivity index (χ4v) is 1.87. The Kier molecular flexibility index (Phi) is 4.77. The van der Waals surface area contributed by atoms with Crippen molar-refractivity contribution in [3.8, 4) is 5.75 Å². The van der Waals surface area contributed by atoms with Gasteiger partial charge in [0.15, 0.2) is 0 Å². The first-order valence-electron chi connectivity index (χ1n) is 6.59. The highest BCUT2D eigenvalue weighted by molar-refractivity contribution is 5.99. The Labute approximate surface area is 122 Å². The molecule has 0 saturated heterocycles. The maximum Gasteiger partial charge on any atom is 0.253 e. The number of nitrogens with one attached hydrogen (secondary N) is 1. The Balaban J connectivity index is 1.82. The lowest BCUT2D eigenvalue weighted by Crippen LogP contribution is -2.28. The fraction of sp³-hybridized carbons (Fsp3) is 0.188. The van der Waals surface area contributed by atoms with E-state index in [1.165, 1.54) is 12.1 Å². The van der Waals surface area contributed by atoms with Crippen LogP contribution < -0.4 is 15.8 Å². The first-order valence-corrected chi connectivity index (χ1v) is 6.59. The third-order valence-electron chi connectivity index (χ3n) is 2.90. The molecule has 0 aliphatic carbocycles. The van der Waals surface area contributed by atoms with Crippen molar-refractivity contribution in [2.45, 2.75) is 6.92 Å². The zero-order valence-corrected chi connectivity index (χ0v) is 11.7. The first-order chi connectivity index (χ1) is 10.1. The van der Waals surface area contributed by atoms with Crippen molar-refractivity contribution >= 4 is 11.6 Å². The minimum Gasteiger partial charge on any atom is -0.492 e. The normalized spacial score (nSPS) is 10.2. The van der Waals surface area contributed by atoms with E-state index in [1.54, 1.807) is 0 Å². The maximum absolute atomic E-state index is 12.9. The molecule has 0 bridgehead atoms. The van der Waals surface area contributed by atoms with Gasteiger partial charge < -0.3 is 15.8 Å². The van der Waals surface area contributed by atoms with Crippen LogP contribution in [0.4, 0.5) is 10.1 Å². The maximum atomic E-state index is 12.9. The van der Waals surface area contributed by atoms with Crippen molar-refractivity contribution in [2.24, 2.45) is 0 Å². The summed E-state index contributed by atoms with van der Waals surface area (Å²) in [4.78, 5) is 11.9.